The van der Waals surface area contributed by atoms with E-state index < -0.39 is 0 Å². The molecule has 1 aromatic rings. The zero-order valence-electron chi connectivity index (χ0n) is 8.51. The van der Waals surface area contributed by atoms with Gasteiger partial charge in [0.15, 0.2) is 5.84 Å². The zero-order chi connectivity index (χ0) is 11.1. The molecule has 3 N–H and O–H groups in total. The van der Waals surface area contributed by atoms with Gasteiger partial charge in [0.1, 0.15) is 18.1 Å². The SMILES string of the molecule is CCOc1ccc(OC/C(N)=N/O)cc1. The van der Waals surface area contributed by atoms with Crippen molar-refractivity contribution in [3.8, 4) is 11.5 Å². The molecule has 0 saturated carbocycles. The summed E-state index contributed by atoms with van der Waals surface area (Å²) in [5.41, 5.74) is 5.25. The average Bonchev–Trinajstić information content (AvgIpc) is 2.28. The highest BCUT2D eigenvalue weighted by atomic mass is 16.5. The highest BCUT2D eigenvalue weighted by molar-refractivity contribution is 5.81. The molecule has 0 heterocycles. The third-order valence-electron chi connectivity index (χ3n) is 1.65. The summed E-state index contributed by atoms with van der Waals surface area (Å²) >= 11 is 0. The van der Waals surface area contributed by atoms with Gasteiger partial charge < -0.3 is 20.4 Å². The van der Waals surface area contributed by atoms with Gasteiger partial charge in [-0.15, -0.1) is 0 Å². The highest BCUT2D eigenvalue weighted by Gasteiger charge is 1.97. The molecule has 0 atom stereocenters. The maximum absolute atomic E-state index is 8.29. The van der Waals surface area contributed by atoms with Gasteiger partial charge in [-0.25, -0.2) is 0 Å². The second kappa shape index (κ2) is 5.74. The fourth-order valence-corrected chi connectivity index (χ4v) is 0.985. The summed E-state index contributed by atoms with van der Waals surface area (Å²) in [6, 6.07) is 7.11. The van der Waals surface area contributed by atoms with Gasteiger partial charge in [0.2, 0.25) is 0 Å². The number of oxime groups is 1. The Morgan fingerprint density at radius 1 is 1.27 bits per heavy atom. The molecule has 0 aromatic heterocycles. The zero-order valence-corrected chi connectivity index (χ0v) is 8.51. The van der Waals surface area contributed by atoms with Crippen LogP contribution in [-0.2, 0) is 0 Å². The molecule has 0 aliphatic heterocycles. The second-order valence-electron chi connectivity index (χ2n) is 2.78. The van der Waals surface area contributed by atoms with Crippen molar-refractivity contribution in [2.75, 3.05) is 13.2 Å². The Kier molecular flexibility index (Phi) is 4.28. The molecule has 15 heavy (non-hydrogen) atoms. The van der Waals surface area contributed by atoms with E-state index in [0.717, 1.165) is 5.75 Å². The van der Waals surface area contributed by atoms with Crippen molar-refractivity contribution in [1.82, 2.24) is 0 Å². The molecule has 5 heteroatoms. The minimum absolute atomic E-state index is 0.0314. The Balaban J connectivity index is 2.49. The number of benzene rings is 1. The average molecular weight is 210 g/mol. The summed E-state index contributed by atoms with van der Waals surface area (Å²) in [7, 11) is 0. The maximum Gasteiger partial charge on any atom is 0.177 e. The van der Waals surface area contributed by atoms with E-state index in [1.54, 1.807) is 24.3 Å². The van der Waals surface area contributed by atoms with Crippen LogP contribution < -0.4 is 15.2 Å². The Bertz CT molecular complexity index is 322. The van der Waals surface area contributed by atoms with Crippen molar-refractivity contribution >= 4 is 5.84 Å². The van der Waals surface area contributed by atoms with Crippen LogP contribution in [0.4, 0.5) is 0 Å². The summed E-state index contributed by atoms with van der Waals surface area (Å²) in [6.45, 7) is 2.61. The van der Waals surface area contributed by atoms with E-state index in [-0.39, 0.29) is 12.4 Å². The molecule has 0 radical (unpaired) electrons. The quantitative estimate of drug-likeness (QED) is 0.331. The normalized spacial score (nSPS) is 11.1. The number of hydrogen-bond donors (Lipinski definition) is 2. The van der Waals surface area contributed by atoms with Crippen LogP contribution in [0.25, 0.3) is 0 Å². The minimum Gasteiger partial charge on any atom is -0.494 e. The van der Waals surface area contributed by atoms with Gasteiger partial charge in [-0.2, -0.15) is 0 Å². The van der Waals surface area contributed by atoms with Crippen LogP contribution in [0.2, 0.25) is 0 Å². The Labute approximate surface area is 88.1 Å². The van der Waals surface area contributed by atoms with Crippen molar-refractivity contribution in [2.24, 2.45) is 10.9 Å². The van der Waals surface area contributed by atoms with E-state index in [9.17, 15) is 0 Å². The summed E-state index contributed by atoms with van der Waals surface area (Å²) in [4.78, 5) is 0. The van der Waals surface area contributed by atoms with Crippen LogP contribution in [-0.4, -0.2) is 24.3 Å². The lowest BCUT2D eigenvalue weighted by atomic mass is 10.3. The molecule has 1 rings (SSSR count). The van der Waals surface area contributed by atoms with Crippen molar-refractivity contribution in [2.45, 2.75) is 6.92 Å². The molecule has 5 nitrogen and oxygen atoms in total. The van der Waals surface area contributed by atoms with Crippen LogP contribution in [0.3, 0.4) is 0 Å². The van der Waals surface area contributed by atoms with E-state index in [2.05, 4.69) is 5.16 Å². The largest absolute Gasteiger partial charge is 0.494 e. The van der Waals surface area contributed by atoms with Gasteiger partial charge in [0, 0.05) is 0 Å². The van der Waals surface area contributed by atoms with Crippen LogP contribution in [0.5, 0.6) is 11.5 Å². The summed E-state index contributed by atoms with van der Waals surface area (Å²) in [5.74, 6) is 1.46. The van der Waals surface area contributed by atoms with Crippen molar-refractivity contribution in [3.63, 3.8) is 0 Å². The van der Waals surface area contributed by atoms with E-state index in [4.69, 9.17) is 20.4 Å². The molecule has 0 unspecified atom stereocenters. The van der Waals surface area contributed by atoms with E-state index >= 15 is 0 Å². The fraction of sp³-hybridized carbons (Fsp3) is 0.300. The van der Waals surface area contributed by atoms with E-state index in [1.807, 2.05) is 6.92 Å². The smallest absolute Gasteiger partial charge is 0.177 e. The van der Waals surface area contributed by atoms with Crippen molar-refractivity contribution in [3.05, 3.63) is 24.3 Å². The lowest BCUT2D eigenvalue weighted by Gasteiger charge is -2.06. The first-order valence-corrected chi connectivity index (χ1v) is 4.58. The minimum atomic E-state index is 0.0314. The van der Waals surface area contributed by atoms with Crippen LogP contribution >= 0.6 is 0 Å². The molecule has 0 aliphatic carbocycles. The van der Waals surface area contributed by atoms with Crippen LogP contribution in [0.1, 0.15) is 6.92 Å². The maximum atomic E-state index is 8.29. The molecule has 1 aromatic carbocycles. The van der Waals surface area contributed by atoms with Crippen LogP contribution in [0, 0.1) is 0 Å². The first-order valence-electron chi connectivity index (χ1n) is 4.58. The molecule has 0 aliphatic rings. The Hall–Kier alpha value is -1.91. The highest BCUT2D eigenvalue weighted by Crippen LogP contribution is 2.17. The first kappa shape index (κ1) is 11.2. The van der Waals surface area contributed by atoms with Gasteiger partial charge in [0.25, 0.3) is 0 Å². The van der Waals surface area contributed by atoms with E-state index in [0.29, 0.717) is 12.4 Å². The summed E-state index contributed by atoms with van der Waals surface area (Å²) in [6.07, 6.45) is 0. The van der Waals surface area contributed by atoms with Crippen molar-refractivity contribution in [1.29, 1.82) is 0 Å². The predicted molar refractivity (Wildman–Crippen MR) is 56.5 cm³/mol. The molecule has 0 amide bonds. The molecular formula is C10H14N2O3. The molecule has 0 fully saturated rings. The molecule has 0 bridgehead atoms. The Morgan fingerprint density at radius 2 is 1.80 bits per heavy atom. The fourth-order valence-electron chi connectivity index (χ4n) is 0.985. The summed E-state index contributed by atoms with van der Waals surface area (Å²) in [5, 5.41) is 11.1. The molecule has 0 saturated heterocycles. The lowest BCUT2D eigenvalue weighted by molar-refractivity contribution is 0.306. The van der Waals surface area contributed by atoms with Gasteiger partial charge >= 0.3 is 0 Å². The lowest BCUT2D eigenvalue weighted by Crippen LogP contribution is -2.20. The third kappa shape index (κ3) is 3.76. The number of amidine groups is 1. The van der Waals surface area contributed by atoms with Crippen molar-refractivity contribution < 1.29 is 14.7 Å². The van der Waals surface area contributed by atoms with Gasteiger partial charge in [-0.05, 0) is 31.2 Å². The molecule has 82 valence electrons. The van der Waals surface area contributed by atoms with E-state index in [1.165, 1.54) is 0 Å². The van der Waals surface area contributed by atoms with Gasteiger partial charge in [-0.3, -0.25) is 0 Å². The van der Waals surface area contributed by atoms with Crippen LogP contribution in [0.15, 0.2) is 29.4 Å². The number of nitrogens with zero attached hydrogens (tertiary/aromatic N) is 1. The Morgan fingerprint density at radius 3 is 2.27 bits per heavy atom. The standard InChI is InChI=1S/C10H14N2O3/c1-2-14-8-3-5-9(6-4-8)15-7-10(11)12-13/h3-6,13H,2,7H2,1H3,(H2,11,12). The summed E-state index contributed by atoms with van der Waals surface area (Å²) < 4.78 is 10.5. The predicted octanol–water partition coefficient (Wildman–Crippen LogP) is 1.21. The molecular weight excluding hydrogens is 196 g/mol. The number of ether oxygens (including phenoxy) is 2. The van der Waals surface area contributed by atoms with Gasteiger partial charge in [-0.1, -0.05) is 5.16 Å². The molecule has 0 spiro atoms. The number of hydrogen-bond acceptors (Lipinski definition) is 4. The topological polar surface area (TPSA) is 77.1 Å². The third-order valence-corrected chi connectivity index (χ3v) is 1.65. The van der Waals surface area contributed by atoms with Gasteiger partial charge in [0.05, 0.1) is 6.61 Å². The number of nitrogens with two attached hydrogens (primary N) is 1. The monoisotopic (exact) mass is 210 g/mol. The number of rotatable bonds is 5. The second-order valence-corrected chi connectivity index (χ2v) is 2.78. The first-order chi connectivity index (χ1) is 7.26.